The number of aryl methyl sites for hydroxylation is 2. The van der Waals surface area contributed by atoms with E-state index in [-0.39, 0.29) is 24.7 Å². The Kier molecular flexibility index (Phi) is 8.84. The Hall–Kier alpha value is -3.17. The Morgan fingerprint density at radius 2 is 2.06 bits per heavy atom. The lowest BCUT2D eigenvalue weighted by atomic mass is 9.87. The summed E-state index contributed by atoms with van der Waals surface area (Å²) in [6.07, 6.45) is 4.30. The number of hydrogen-bond acceptors (Lipinski definition) is 7. The smallest absolute Gasteiger partial charge is 0.410 e. The molecule has 1 aliphatic carbocycles. The molecule has 10 heteroatoms. The topological polar surface area (TPSA) is 120 Å². The van der Waals surface area contributed by atoms with Crippen LogP contribution in [0, 0.1) is 12.8 Å². The molecule has 1 amide bonds. The van der Waals surface area contributed by atoms with Gasteiger partial charge in [0.1, 0.15) is 23.7 Å². The second kappa shape index (κ2) is 11.8. The van der Waals surface area contributed by atoms with Crippen molar-refractivity contribution in [2.24, 2.45) is 13.0 Å². The average molecular weight is 474 g/mol. The van der Waals surface area contributed by atoms with E-state index < -0.39 is 5.97 Å². The molecule has 0 aliphatic heterocycles. The summed E-state index contributed by atoms with van der Waals surface area (Å²) < 4.78 is 13.2. The molecular formula is C24H35N5O5. The van der Waals surface area contributed by atoms with Gasteiger partial charge in [0.05, 0.1) is 23.4 Å². The number of hydrogen-bond donors (Lipinski definition) is 1. The number of ether oxygens (including phenoxy) is 2. The van der Waals surface area contributed by atoms with Crippen molar-refractivity contribution in [1.29, 1.82) is 0 Å². The fourth-order valence-electron chi connectivity index (χ4n) is 4.15. The average Bonchev–Trinajstić information content (AvgIpc) is 3.19. The zero-order valence-corrected chi connectivity index (χ0v) is 20.5. The van der Waals surface area contributed by atoms with E-state index in [2.05, 4.69) is 22.2 Å². The summed E-state index contributed by atoms with van der Waals surface area (Å²) in [7, 11) is 1.75. The molecule has 1 aliphatic rings. The summed E-state index contributed by atoms with van der Waals surface area (Å²) in [5.41, 5.74) is 2.48. The number of aromatic nitrogens is 4. The summed E-state index contributed by atoms with van der Waals surface area (Å²) in [5, 5.41) is 17.6. The third-order valence-corrected chi connectivity index (χ3v) is 6.25. The predicted octanol–water partition coefficient (Wildman–Crippen LogP) is 3.97. The highest BCUT2D eigenvalue weighted by molar-refractivity contribution is 5.70. The number of amides is 1. The molecule has 3 rings (SSSR count). The molecular weight excluding hydrogens is 438 g/mol. The first-order valence-corrected chi connectivity index (χ1v) is 12.0. The van der Waals surface area contributed by atoms with Crippen LogP contribution in [0.2, 0.25) is 0 Å². The number of carboxylic acids is 1. The first-order chi connectivity index (χ1) is 16.3. The fourth-order valence-corrected chi connectivity index (χ4v) is 4.15. The van der Waals surface area contributed by atoms with Crippen molar-refractivity contribution in [3.05, 3.63) is 23.5 Å². The van der Waals surface area contributed by atoms with Crippen LogP contribution in [0.15, 0.2) is 12.1 Å². The van der Waals surface area contributed by atoms with Crippen molar-refractivity contribution in [3.8, 4) is 17.1 Å². The Bertz CT molecular complexity index is 992. The normalized spacial score (nSPS) is 17.9. The SMILES string of the molecule is CCCCN(CC)C(=O)OCc1c(-c2ccc(O[C@H]3CCC[C@H](C(=O)O)C3)c(C)n2)nnn1C. The molecule has 2 atom stereocenters. The van der Waals surface area contributed by atoms with E-state index in [4.69, 9.17) is 9.47 Å². The van der Waals surface area contributed by atoms with E-state index in [0.29, 0.717) is 54.5 Å². The molecule has 0 unspecified atom stereocenters. The maximum absolute atomic E-state index is 12.5. The van der Waals surface area contributed by atoms with Gasteiger partial charge in [0.15, 0.2) is 0 Å². The van der Waals surface area contributed by atoms with Gasteiger partial charge >= 0.3 is 12.1 Å². The van der Waals surface area contributed by atoms with Crippen LogP contribution < -0.4 is 4.74 Å². The zero-order valence-electron chi connectivity index (χ0n) is 20.5. The minimum atomic E-state index is -0.762. The molecule has 34 heavy (non-hydrogen) atoms. The minimum Gasteiger partial charge on any atom is -0.489 e. The number of rotatable bonds is 10. The fraction of sp³-hybridized carbons (Fsp3) is 0.625. The second-order valence-corrected chi connectivity index (χ2v) is 8.72. The van der Waals surface area contributed by atoms with Crippen molar-refractivity contribution in [2.45, 2.75) is 72.0 Å². The monoisotopic (exact) mass is 473 g/mol. The molecule has 0 saturated heterocycles. The van der Waals surface area contributed by atoms with Crippen LogP contribution in [0.5, 0.6) is 5.75 Å². The molecule has 1 saturated carbocycles. The van der Waals surface area contributed by atoms with Gasteiger partial charge in [0.2, 0.25) is 0 Å². The van der Waals surface area contributed by atoms with Crippen LogP contribution in [-0.2, 0) is 23.2 Å². The lowest BCUT2D eigenvalue weighted by Gasteiger charge is -2.27. The Balaban J connectivity index is 1.69. The van der Waals surface area contributed by atoms with Crippen molar-refractivity contribution in [1.82, 2.24) is 24.9 Å². The van der Waals surface area contributed by atoms with E-state index in [0.717, 1.165) is 25.7 Å². The number of carbonyl (C=O) groups excluding carboxylic acids is 1. The highest BCUT2D eigenvalue weighted by Gasteiger charge is 2.28. The van der Waals surface area contributed by atoms with Gasteiger partial charge in [-0.1, -0.05) is 18.6 Å². The number of carbonyl (C=O) groups is 2. The predicted molar refractivity (Wildman–Crippen MR) is 125 cm³/mol. The third kappa shape index (κ3) is 6.24. The molecule has 2 heterocycles. The van der Waals surface area contributed by atoms with Gasteiger partial charge in [-0.25, -0.2) is 14.5 Å². The van der Waals surface area contributed by atoms with E-state index >= 15 is 0 Å². The first kappa shape index (κ1) is 25.5. The highest BCUT2D eigenvalue weighted by Crippen LogP contribution is 2.30. The number of pyridine rings is 1. The van der Waals surface area contributed by atoms with Gasteiger partial charge < -0.3 is 19.5 Å². The summed E-state index contributed by atoms with van der Waals surface area (Å²) >= 11 is 0. The first-order valence-electron chi connectivity index (χ1n) is 12.0. The van der Waals surface area contributed by atoms with E-state index in [1.165, 1.54) is 0 Å². The molecule has 2 aromatic heterocycles. The van der Waals surface area contributed by atoms with E-state index in [9.17, 15) is 14.7 Å². The number of aliphatic carboxylic acids is 1. The summed E-state index contributed by atoms with van der Waals surface area (Å²) in [6.45, 7) is 7.15. The van der Waals surface area contributed by atoms with Gasteiger partial charge in [-0.3, -0.25) is 4.79 Å². The molecule has 0 spiro atoms. The quantitative estimate of drug-likeness (QED) is 0.550. The van der Waals surface area contributed by atoms with E-state index in [1.54, 1.807) is 22.7 Å². The lowest BCUT2D eigenvalue weighted by molar-refractivity contribution is -0.143. The second-order valence-electron chi connectivity index (χ2n) is 8.72. The molecule has 0 aromatic carbocycles. The van der Waals surface area contributed by atoms with Gasteiger partial charge in [-0.2, -0.15) is 0 Å². The molecule has 1 N–H and O–H groups in total. The molecule has 10 nitrogen and oxygen atoms in total. The molecule has 0 bridgehead atoms. The van der Waals surface area contributed by atoms with Crippen molar-refractivity contribution in [3.63, 3.8) is 0 Å². The number of nitrogens with zero attached hydrogens (tertiary/aromatic N) is 5. The van der Waals surface area contributed by atoms with Crippen LogP contribution in [0.25, 0.3) is 11.4 Å². The number of carboxylic acid groups (broad SMARTS) is 1. The van der Waals surface area contributed by atoms with Crippen LogP contribution in [0.4, 0.5) is 4.79 Å². The Labute approximate surface area is 200 Å². The van der Waals surface area contributed by atoms with Gasteiger partial charge in [-0.05, 0) is 58.1 Å². The largest absolute Gasteiger partial charge is 0.489 e. The standard InChI is InChI=1S/C24H35N5O5/c1-5-7-13-29(6-2)24(32)33-15-20-22(26-27-28(20)4)19-11-12-21(16(3)25-19)34-18-10-8-9-17(14-18)23(30)31/h11-12,17-18H,5-10,13-15H2,1-4H3,(H,30,31)/t17-,18-/m0/s1. The van der Waals surface area contributed by atoms with Crippen LogP contribution in [-0.4, -0.2) is 61.2 Å². The molecule has 0 radical (unpaired) electrons. The van der Waals surface area contributed by atoms with Crippen LogP contribution in [0.1, 0.15) is 63.8 Å². The van der Waals surface area contributed by atoms with Gasteiger partial charge in [0.25, 0.3) is 0 Å². The van der Waals surface area contributed by atoms with Gasteiger partial charge in [-0.15, -0.1) is 5.10 Å². The molecule has 2 aromatic rings. The zero-order chi connectivity index (χ0) is 24.7. The molecule has 1 fully saturated rings. The van der Waals surface area contributed by atoms with Crippen LogP contribution in [0.3, 0.4) is 0 Å². The summed E-state index contributed by atoms with van der Waals surface area (Å²) in [5.74, 6) is -0.491. The number of unbranched alkanes of at least 4 members (excludes halogenated alkanes) is 1. The van der Waals surface area contributed by atoms with Crippen molar-refractivity contribution in [2.75, 3.05) is 13.1 Å². The Morgan fingerprint density at radius 3 is 2.74 bits per heavy atom. The summed E-state index contributed by atoms with van der Waals surface area (Å²) in [4.78, 5) is 30.1. The summed E-state index contributed by atoms with van der Waals surface area (Å²) in [6, 6.07) is 3.63. The van der Waals surface area contributed by atoms with Crippen molar-refractivity contribution >= 4 is 12.1 Å². The Morgan fingerprint density at radius 1 is 1.26 bits per heavy atom. The van der Waals surface area contributed by atoms with E-state index in [1.807, 2.05) is 19.9 Å². The third-order valence-electron chi connectivity index (χ3n) is 6.25. The highest BCUT2D eigenvalue weighted by atomic mass is 16.6. The maximum Gasteiger partial charge on any atom is 0.410 e. The lowest BCUT2D eigenvalue weighted by Crippen LogP contribution is -2.32. The molecule has 186 valence electrons. The maximum atomic E-state index is 12.5. The van der Waals surface area contributed by atoms with Crippen LogP contribution >= 0.6 is 0 Å². The minimum absolute atomic E-state index is 0.0396. The van der Waals surface area contributed by atoms with Gasteiger partial charge in [0, 0.05) is 20.1 Å². The van der Waals surface area contributed by atoms with Crippen molar-refractivity contribution < 1.29 is 24.2 Å².